The SMILES string of the molecule is CCCn1cc(C(=O)OC)ccc1=O. The molecule has 0 amide bonds. The number of carbonyl (C=O) groups excluding carboxylic acids is 1. The van der Waals surface area contributed by atoms with Crippen LogP contribution in [-0.4, -0.2) is 17.6 Å². The Morgan fingerprint density at radius 3 is 2.79 bits per heavy atom. The van der Waals surface area contributed by atoms with Crippen LogP contribution in [0.25, 0.3) is 0 Å². The van der Waals surface area contributed by atoms with Gasteiger partial charge in [-0.25, -0.2) is 4.79 Å². The second kappa shape index (κ2) is 4.60. The first-order valence-electron chi connectivity index (χ1n) is 4.48. The number of methoxy groups -OCH3 is 1. The number of rotatable bonds is 3. The van der Waals surface area contributed by atoms with Gasteiger partial charge in [0.25, 0.3) is 5.56 Å². The molecule has 0 aromatic carbocycles. The maximum Gasteiger partial charge on any atom is 0.339 e. The van der Waals surface area contributed by atoms with Crippen molar-refractivity contribution in [3.8, 4) is 0 Å². The first-order chi connectivity index (χ1) is 6.69. The number of hydrogen-bond acceptors (Lipinski definition) is 3. The molecule has 0 bridgehead atoms. The fourth-order valence-electron chi connectivity index (χ4n) is 1.19. The van der Waals surface area contributed by atoms with Crippen LogP contribution in [-0.2, 0) is 11.3 Å². The minimum atomic E-state index is -0.421. The van der Waals surface area contributed by atoms with Crippen LogP contribution in [0.4, 0.5) is 0 Å². The molecule has 0 radical (unpaired) electrons. The molecule has 0 atom stereocenters. The maximum absolute atomic E-state index is 11.3. The van der Waals surface area contributed by atoms with Gasteiger partial charge >= 0.3 is 5.97 Å². The lowest BCUT2D eigenvalue weighted by Crippen LogP contribution is -2.20. The zero-order chi connectivity index (χ0) is 10.6. The Morgan fingerprint density at radius 1 is 1.50 bits per heavy atom. The summed E-state index contributed by atoms with van der Waals surface area (Å²) in [5, 5.41) is 0. The van der Waals surface area contributed by atoms with Crippen molar-refractivity contribution in [3.05, 3.63) is 34.2 Å². The van der Waals surface area contributed by atoms with Crippen molar-refractivity contribution in [1.29, 1.82) is 0 Å². The second-order valence-corrected chi connectivity index (χ2v) is 2.94. The lowest BCUT2D eigenvalue weighted by molar-refractivity contribution is 0.0599. The highest BCUT2D eigenvalue weighted by Gasteiger charge is 2.06. The lowest BCUT2D eigenvalue weighted by atomic mass is 10.3. The molecule has 0 unspecified atom stereocenters. The highest BCUT2D eigenvalue weighted by Crippen LogP contribution is 1.98. The molecule has 0 spiro atoms. The van der Waals surface area contributed by atoms with Crippen LogP contribution in [0.15, 0.2) is 23.1 Å². The van der Waals surface area contributed by atoms with Gasteiger partial charge in [-0.05, 0) is 12.5 Å². The molecule has 14 heavy (non-hydrogen) atoms. The third-order valence-corrected chi connectivity index (χ3v) is 1.87. The smallest absolute Gasteiger partial charge is 0.339 e. The summed E-state index contributed by atoms with van der Waals surface area (Å²) in [4.78, 5) is 22.4. The van der Waals surface area contributed by atoms with Gasteiger partial charge in [-0.1, -0.05) is 6.92 Å². The van der Waals surface area contributed by atoms with E-state index < -0.39 is 5.97 Å². The summed E-state index contributed by atoms with van der Waals surface area (Å²) in [6.45, 7) is 2.58. The van der Waals surface area contributed by atoms with Crippen LogP contribution in [0, 0.1) is 0 Å². The summed E-state index contributed by atoms with van der Waals surface area (Å²) in [6, 6.07) is 2.85. The normalized spacial score (nSPS) is 9.86. The van der Waals surface area contributed by atoms with Crippen molar-refractivity contribution in [1.82, 2.24) is 4.57 Å². The van der Waals surface area contributed by atoms with E-state index in [1.54, 1.807) is 0 Å². The molecule has 0 fully saturated rings. The molecule has 0 aliphatic heterocycles. The van der Waals surface area contributed by atoms with E-state index in [0.29, 0.717) is 12.1 Å². The summed E-state index contributed by atoms with van der Waals surface area (Å²) >= 11 is 0. The average Bonchev–Trinajstić information content (AvgIpc) is 2.20. The van der Waals surface area contributed by atoms with Crippen molar-refractivity contribution in [2.24, 2.45) is 0 Å². The van der Waals surface area contributed by atoms with Crippen molar-refractivity contribution in [3.63, 3.8) is 0 Å². The number of pyridine rings is 1. The van der Waals surface area contributed by atoms with E-state index in [-0.39, 0.29) is 5.56 Å². The van der Waals surface area contributed by atoms with Crippen LogP contribution in [0.5, 0.6) is 0 Å². The number of ether oxygens (including phenoxy) is 1. The number of aryl methyl sites for hydroxylation is 1. The van der Waals surface area contributed by atoms with E-state index >= 15 is 0 Å². The van der Waals surface area contributed by atoms with E-state index in [1.807, 2.05) is 6.92 Å². The van der Waals surface area contributed by atoms with Crippen molar-refractivity contribution >= 4 is 5.97 Å². The highest BCUT2D eigenvalue weighted by atomic mass is 16.5. The topological polar surface area (TPSA) is 48.3 Å². The highest BCUT2D eigenvalue weighted by molar-refractivity contribution is 5.88. The molecule has 1 aromatic rings. The molecule has 4 heteroatoms. The van der Waals surface area contributed by atoms with E-state index in [9.17, 15) is 9.59 Å². The molecule has 76 valence electrons. The Kier molecular flexibility index (Phi) is 3.45. The molecule has 1 rings (SSSR count). The number of esters is 1. The molecular formula is C10H13NO3. The molecule has 0 N–H and O–H groups in total. The number of carbonyl (C=O) groups is 1. The third kappa shape index (κ3) is 2.22. The van der Waals surface area contributed by atoms with Gasteiger partial charge in [0, 0.05) is 18.8 Å². The van der Waals surface area contributed by atoms with Gasteiger partial charge in [-0.2, -0.15) is 0 Å². The molecule has 4 nitrogen and oxygen atoms in total. The zero-order valence-electron chi connectivity index (χ0n) is 8.32. The fourth-order valence-corrected chi connectivity index (χ4v) is 1.19. The van der Waals surface area contributed by atoms with Gasteiger partial charge in [-0.3, -0.25) is 4.79 Å². The molecular weight excluding hydrogens is 182 g/mol. The second-order valence-electron chi connectivity index (χ2n) is 2.94. The van der Waals surface area contributed by atoms with E-state index in [0.717, 1.165) is 6.42 Å². The van der Waals surface area contributed by atoms with E-state index in [1.165, 1.54) is 30.0 Å². The summed E-state index contributed by atoms with van der Waals surface area (Å²) in [6.07, 6.45) is 2.38. The monoisotopic (exact) mass is 195 g/mol. The predicted molar refractivity (Wildman–Crippen MR) is 52.3 cm³/mol. The fraction of sp³-hybridized carbons (Fsp3) is 0.400. The summed E-state index contributed by atoms with van der Waals surface area (Å²) in [5.74, 6) is -0.421. The molecule has 0 saturated heterocycles. The van der Waals surface area contributed by atoms with Crippen molar-refractivity contribution in [2.45, 2.75) is 19.9 Å². The third-order valence-electron chi connectivity index (χ3n) is 1.87. The van der Waals surface area contributed by atoms with Gasteiger partial charge < -0.3 is 9.30 Å². The number of aromatic nitrogens is 1. The van der Waals surface area contributed by atoms with Gasteiger partial charge in [-0.15, -0.1) is 0 Å². The standard InChI is InChI=1S/C10H13NO3/c1-3-6-11-7-8(10(13)14-2)4-5-9(11)12/h4-5,7H,3,6H2,1-2H3. The maximum atomic E-state index is 11.3. The molecule has 1 heterocycles. The number of nitrogens with zero attached hydrogens (tertiary/aromatic N) is 1. The van der Waals surface area contributed by atoms with Gasteiger partial charge in [0.2, 0.25) is 0 Å². The Balaban J connectivity index is 3.06. The van der Waals surface area contributed by atoms with Crippen LogP contribution >= 0.6 is 0 Å². The first-order valence-corrected chi connectivity index (χ1v) is 4.48. The summed E-state index contributed by atoms with van der Waals surface area (Å²) in [5.41, 5.74) is 0.306. The van der Waals surface area contributed by atoms with Gasteiger partial charge in [0.1, 0.15) is 0 Å². The average molecular weight is 195 g/mol. The van der Waals surface area contributed by atoms with Gasteiger partial charge in [0.05, 0.1) is 12.7 Å². The summed E-state index contributed by atoms with van der Waals surface area (Å²) in [7, 11) is 1.32. The minimum Gasteiger partial charge on any atom is -0.465 e. The van der Waals surface area contributed by atoms with Crippen LogP contribution in [0.3, 0.4) is 0 Å². The molecule has 1 aromatic heterocycles. The van der Waals surface area contributed by atoms with Gasteiger partial charge in [0.15, 0.2) is 0 Å². The predicted octanol–water partition coefficient (Wildman–Crippen LogP) is 1.04. The summed E-state index contributed by atoms with van der Waals surface area (Å²) < 4.78 is 6.06. The Bertz CT molecular complexity index is 381. The Morgan fingerprint density at radius 2 is 2.21 bits per heavy atom. The quantitative estimate of drug-likeness (QED) is 0.677. The van der Waals surface area contributed by atoms with Crippen LogP contribution in [0.1, 0.15) is 23.7 Å². The van der Waals surface area contributed by atoms with Crippen molar-refractivity contribution < 1.29 is 9.53 Å². The number of hydrogen-bond donors (Lipinski definition) is 0. The van der Waals surface area contributed by atoms with Crippen LogP contribution in [0.2, 0.25) is 0 Å². The lowest BCUT2D eigenvalue weighted by Gasteiger charge is -2.04. The zero-order valence-corrected chi connectivity index (χ0v) is 8.32. The van der Waals surface area contributed by atoms with Crippen LogP contribution < -0.4 is 5.56 Å². The minimum absolute atomic E-state index is 0.0977. The molecule has 0 aliphatic rings. The largest absolute Gasteiger partial charge is 0.465 e. The first kappa shape index (κ1) is 10.5. The Hall–Kier alpha value is -1.58. The molecule has 0 aliphatic carbocycles. The Labute approximate surface area is 82.1 Å². The van der Waals surface area contributed by atoms with Crippen molar-refractivity contribution in [2.75, 3.05) is 7.11 Å². The molecule has 0 saturated carbocycles. The van der Waals surface area contributed by atoms with E-state index in [2.05, 4.69) is 4.74 Å². The van der Waals surface area contributed by atoms with E-state index in [4.69, 9.17) is 0 Å².